The van der Waals surface area contributed by atoms with E-state index in [2.05, 4.69) is 11.8 Å². The van der Waals surface area contributed by atoms with E-state index >= 15 is 0 Å². The Morgan fingerprint density at radius 2 is 1.70 bits per heavy atom. The molecule has 0 unspecified atom stereocenters. The van der Waals surface area contributed by atoms with Gasteiger partial charge in [0.2, 0.25) is 0 Å². The van der Waals surface area contributed by atoms with E-state index in [4.69, 9.17) is 0 Å². The molecule has 0 nitrogen and oxygen atoms in total. The van der Waals surface area contributed by atoms with E-state index in [0.29, 0.717) is 0 Å². The molecule has 0 aromatic heterocycles. The van der Waals surface area contributed by atoms with Gasteiger partial charge in [-0.25, -0.2) is 0 Å². The number of rotatable bonds is 0. The monoisotopic (exact) mass is 154 g/mol. The second-order valence-corrected chi connectivity index (χ2v) is 6.02. The summed E-state index contributed by atoms with van der Waals surface area (Å²) in [5.74, 6) is 1.47. The van der Waals surface area contributed by atoms with Gasteiger partial charge in [-0.15, -0.1) is 0 Å². The van der Waals surface area contributed by atoms with Gasteiger partial charge in [0.25, 0.3) is 0 Å². The van der Waals surface area contributed by atoms with Crippen LogP contribution in [-0.4, -0.2) is 10.5 Å². The summed E-state index contributed by atoms with van der Waals surface area (Å²) in [6.45, 7) is 0. The van der Waals surface area contributed by atoms with Crippen LogP contribution in [0, 0.1) is 5.41 Å². The molecule has 3 fully saturated rings. The van der Waals surface area contributed by atoms with Gasteiger partial charge in [-0.05, 0) is 49.7 Å². The maximum Gasteiger partial charge on any atom is 0.0166 e. The molecule has 3 aliphatic rings. The van der Waals surface area contributed by atoms with Crippen molar-refractivity contribution in [1.82, 2.24) is 0 Å². The summed E-state index contributed by atoms with van der Waals surface area (Å²) in [5, 5.41) is 0. The lowest BCUT2D eigenvalue weighted by Gasteiger charge is -2.28. The van der Waals surface area contributed by atoms with Crippen LogP contribution in [0.25, 0.3) is 0 Å². The Balaban J connectivity index is 1.80. The van der Waals surface area contributed by atoms with Gasteiger partial charge in [0, 0.05) is 4.75 Å². The van der Waals surface area contributed by atoms with Gasteiger partial charge >= 0.3 is 0 Å². The maximum absolute atomic E-state index is 2.27. The highest BCUT2D eigenvalue weighted by molar-refractivity contribution is 8.01. The Labute approximate surface area is 66.8 Å². The zero-order valence-corrected chi connectivity index (χ0v) is 7.17. The summed E-state index contributed by atoms with van der Waals surface area (Å²) in [6, 6.07) is 0. The molecule has 1 saturated heterocycles. The van der Waals surface area contributed by atoms with Crippen LogP contribution >= 0.6 is 11.8 Å². The van der Waals surface area contributed by atoms with Gasteiger partial charge in [0.05, 0.1) is 0 Å². The molecule has 0 amide bonds. The minimum absolute atomic E-state index is 0.842. The Hall–Kier alpha value is 0.350. The van der Waals surface area contributed by atoms with Gasteiger partial charge in [0.15, 0.2) is 0 Å². The zero-order chi connectivity index (χ0) is 6.66. The number of hydrogen-bond acceptors (Lipinski definition) is 1. The second kappa shape index (κ2) is 1.57. The molecule has 1 aliphatic heterocycles. The van der Waals surface area contributed by atoms with Gasteiger partial charge in [-0.3, -0.25) is 0 Å². The first-order valence-electron chi connectivity index (χ1n) is 4.47. The highest BCUT2D eigenvalue weighted by Crippen LogP contribution is 2.67. The molecule has 0 radical (unpaired) electrons. The predicted octanol–water partition coefficient (Wildman–Crippen LogP) is 2.83. The highest BCUT2D eigenvalue weighted by Gasteiger charge is 2.56. The molecular weight excluding hydrogens is 140 g/mol. The third kappa shape index (κ3) is 0.761. The molecule has 0 aromatic carbocycles. The van der Waals surface area contributed by atoms with E-state index in [1.165, 1.54) is 5.75 Å². The van der Waals surface area contributed by atoms with E-state index in [-0.39, 0.29) is 0 Å². The number of thioether (sulfide) groups is 1. The average molecular weight is 154 g/mol. The van der Waals surface area contributed by atoms with Gasteiger partial charge in [-0.1, -0.05) is 0 Å². The van der Waals surface area contributed by atoms with Crippen molar-refractivity contribution in [2.24, 2.45) is 5.41 Å². The van der Waals surface area contributed by atoms with Crippen LogP contribution in [0.4, 0.5) is 0 Å². The van der Waals surface area contributed by atoms with Crippen LogP contribution in [-0.2, 0) is 0 Å². The van der Waals surface area contributed by atoms with E-state index in [0.717, 1.165) is 10.2 Å². The molecular formula is C9H14S. The first-order chi connectivity index (χ1) is 4.83. The molecule has 2 saturated carbocycles. The maximum atomic E-state index is 2.27. The standard InChI is InChI=1S/C9H14S/c1-2-8(1)5-6-10-9(7-8)3-4-9/h1-7H2. The van der Waals surface area contributed by atoms with Crippen molar-refractivity contribution in [3.05, 3.63) is 0 Å². The van der Waals surface area contributed by atoms with Crippen molar-refractivity contribution in [2.75, 3.05) is 5.75 Å². The summed E-state index contributed by atoms with van der Waals surface area (Å²) in [5.41, 5.74) is 0.905. The third-order valence-electron chi connectivity index (χ3n) is 3.50. The normalized spacial score (nSPS) is 38.4. The topological polar surface area (TPSA) is 0 Å². The van der Waals surface area contributed by atoms with Crippen LogP contribution in [0.1, 0.15) is 38.5 Å². The summed E-state index contributed by atoms with van der Waals surface area (Å²) in [7, 11) is 0. The molecule has 10 heavy (non-hydrogen) atoms. The van der Waals surface area contributed by atoms with Gasteiger partial charge in [0.1, 0.15) is 0 Å². The lowest BCUT2D eigenvalue weighted by atomic mass is 9.95. The summed E-state index contributed by atoms with van der Waals surface area (Å²) >= 11 is 2.27. The van der Waals surface area contributed by atoms with Crippen LogP contribution in [0.3, 0.4) is 0 Å². The predicted molar refractivity (Wildman–Crippen MR) is 45.3 cm³/mol. The molecule has 2 spiro atoms. The first kappa shape index (κ1) is 5.93. The van der Waals surface area contributed by atoms with Crippen molar-refractivity contribution in [2.45, 2.75) is 43.3 Å². The second-order valence-electron chi connectivity index (χ2n) is 4.46. The highest BCUT2D eigenvalue weighted by atomic mass is 32.2. The van der Waals surface area contributed by atoms with Crippen molar-refractivity contribution >= 4 is 11.8 Å². The fourth-order valence-electron chi connectivity index (χ4n) is 2.37. The molecule has 0 atom stereocenters. The van der Waals surface area contributed by atoms with E-state index in [1.807, 2.05) is 0 Å². The molecule has 0 N–H and O–H groups in total. The lowest BCUT2D eigenvalue weighted by Crippen LogP contribution is -2.20. The summed E-state index contributed by atoms with van der Waals surface area (Å²) < 4.78 is 0.842. The molecule has 56 valence electrons. The largest absolute Gasteiger partial charge is 0.155 e. The number of hydrogen-bond donors (Lipinski definition) is 0. The van der Waals surface area contributed by atoms with Crippen LogP contribution in [0.15, 0.2) is 0 Å². The third-order valence-corrected chi connectivity index (χ3v) is 5.08. The molecule has 0 bridgehead atoms. The molecule has 0 aromatic rings. The fourth-order valence-corrected chi connectivity index (χ4v) is 4.14. The van der Waals surface area contributed by atoms with E-state index < -0.39 is 0 Å². The SMILES string of the molecule is C1CC2(CC2)CC2(CC2)S1. The molecule has 3 rings (SSSR count). The molecule has 1 heteroatoms. The fraction of sp³-hybridized carbons (Fsp3) is 1.00. The van der Waals surface area contributed by atoms with Gasteiger partial charge in [-0.2, -0.15) is 11.8 Å². The quantitative estimate of drug-likeness (QED) is 0.517. The minimum Gasteiger partial charge on any atom is -0.155 e. The van der Waals surface area contributed by atoms with Crippen LogP contribution in [0.2, 0.25) is 0 Å². The van der Waals surface area contributed by atoms with Crippen molar-refractivity contribution in [3.8, 4) is 0 Å². The lowest BCUT2D eigenvalue weighted by molar-refractivity contribution is 0.425. The zero-order valence-electron chi connectivity index (χ0n) is 6.36. The molecule has 2 aliphatic carbocycles. The van der Waals surface area contributed by atoms with Crippen molar-refractivity contribution in [3.63, 3.8) is 0 Å². The average Bonchev–Trinajstić information content (AvgIpc) is 2.78. The Morgan fingerprint density at radius 3 is 2.30 bits per heavy atom. The summed E-state index contributed by atoms with van der Waals surface area (Å²) in [6.07, 6.45) is 9.34. The smallest absolute Gasteiger partial charge is 0.0166 e. The first-order valence-corrected chi connectivity index (χ1v) is 5.45. The molecule has 1 heterocycles. The Kier molecular flexibility index (Phi) is 0.934. The van der Waals surface area contributed by atoms with E-state index in [1.54, 1.807) is 38.5 Å². The summed E-state index contributed by atoms with van der Waals surface area (Å²) in [4.78, 5) is 0. The van der Waals surface area contributed by atoms with E-state index in [9.17, 15) is 0 Å². The Morgan fingerprint density at radius 1 is 0.900 bits per heavy atom. The van der Waals surface area contributed by atoms with Gasteiger partial charge < -0.3 is 0 Å². The van der Waals surface area contributed by atoms with Crippen LogP contribution in [0.5, 0.6) is 0 Å². The van der Waals surface area contributed by atoms with Crippen LogP contribution < -0.4 is 0 Å². The Bertz CT molecular complexity index is 148. The van der Waals surface area contributed by atoms with Crippen molar-refractivity contribution in [1.29, 1.82) is 0 Å². The van der Waals surface area contributed by atoms with Crippen molar-refractivity contribution < 1.29 is 0 Å². The minimum atomic E-state index is 0.842.